The molecule has 0 spiro atoms. The second kappa shape index (κ2) is 5.09. The first-order chi connectivity index (χ1) is 9.58. The summed E-state index contributed by atoms with van der Waals surface area (Å²) in [5.74, 6) is 2.37. The molecule has 4 heteroatoms. The van der Waals surface area contributed by atoms with Gasteiger partial charge in [-0.15, -0.1) is 0 Å². The Kier molecular flexibility index (Phi) is 3.42. The van der Waals surface area contributed by atoms with E-state index < -0.39 is 0 Å². The first-order valence-electron chi connectivity index (χ1n) is 7.30. The Morgan fingerprint density at radius 1 is 1.50 bits per heavy atom. The molecular weight excluding hydrogens is 254 g/mol. The molecule has 2 N–H and O–H groups in total. The zero-order valence-corrected chi connectivity index (χ0v) is 12.0. The van der Waals surface area contributed by atoms with Gasteiger partial charge in [0, 0.05) is 6.07 Å². The molecule has 1 saturated carbocycles. The van der Waals surface area contributed by atoms with Crippen molar-refractivity contribution in [1.82, 2.24) is 0 Å². The van der Waals surface area contributed by atoms with Crippen molar-refractivity contribution in [1.29, 1.82) is 0 Å². The monoisotopic (exact) mass is 275 g/mol. The fraction of sp³-hybridized carbons (Fsp3) is 0.562. The molecule has 1 fully saturated rings. The van der Waals surface area contributed by atoms with Gasteiger partial charge in [0.25, 0.3) is 0 Å². The molecule has 1 unspecified atom stereocenters. The maximum Gasteiger partial charge on any atom is 0.346 e. The van der Waals surface area contributed by atoms with Crippen LogP contribution in [-0.2, 0) is 0 Å². The summed E-state index contributed by atoms with van der Waals surface area (Å²) < 4.78 is 11.2. The van der Waals surface area contributed by atoms with Gasteiger partial charge in [-0.25, -0.2) is 4.79 Å². The minimum atomic E-state index is -0.302. The molecule has 2 heterocycles. The van der Waals surface area contributed by atoms with Crippen molar-refractivity contribution >= 4 is 6.08 Å². The van der Waals surface area contributed by atoms with Gasteiger partial charge in [0.2, 0.25) is 0 Å². The van der Waals surface area contributed by atoms with Crippen LogP contribution in [0.15, 0.2) is 20.9 Å². The number of hydrogen-bond donors (Lipinski definition) is 1. The van der Waals surface area contributed by atoms with Crippen molar-refractivity contribution in [3.8, 4) is 5.75 Å². The second-order valence-corrected chi connectivity index (χ2v) is 6.00. The standard InChI is InChI=1S/C16H21NO3/c1-9(8-17)11-3-4-12-6-13-15(20-14(12)7-11)5-10(2)19-16(13)18/h5-6,9,11,14H,3-4,7-8,17H2,1-2H3/t9?,11-,14-/m0/s1. The molecule has 1 aliphatic carbocycles. The van der Waals surface area contributed by atoms with Gasteiger partial charge in [-0.3, -0.25) is 0 Å². The van der Waals surface area contributed by atoms with Crippen LogP contribution in [0, 0.1) is 18.8 Å². The zero-order valence-electron chi connectivity index (χ0n) is 12.0. The van der Waals surface area contributed by atoms with Crippen LogP contribution in [0.25, 0.3) is 6.08 Å². The minimum absolute atomic E-state index is 0.0939. The topological polar surface area (TPSA) is 65.5 Å². The predicted octanol–water partition coefficient (Wildman–Crippen LogP) is 2.49. The van der Waals surface area contributed by atoms with E-state index in [1.165, 1.54) is 5.57 Å². The normalized spacial score (nSPS) is 26.1. The molecule has 20 heavy (non-hydrogen) atoms. The van der Waals surface area contributed by atoms with Crippen LogP contribution in [0.5, 0.6) is 5.75 Å². The molecule has 108 valence electrons. The first-order valence-corrected chi connectivity index (χ1v) is 7.30. The molecule has 3 atom stereocenters. The molecule has 3 rings (SSSR count). The van der Waals surface area contributed by atoms with Crippen molar-refractivity contribution in [2.45, 2.75) is 39.2 Å². The van der Waals surface area contributed by atoms with Gasteiger partial charge < -0.3 is 14.9 Å². The van der Waals surface area contributed by atoms with Gasteiger partial charge in [0.05, 0.1) is 0 Å². The third-order valence-corrected chi connectivity index (χ3v) is 4.58. The van der Waals surface area contributed by atoms with Crippen molar-refractivity contribution in [2.24, 2.45) is 17.6 Å². The molecule has 0 radical (unpaired) electrons. The number of aryl methyl sites for hydroxylation is 1. The molecule has 0 amide bonds. The Bertz CT molecular complexity index is 602. The van der Waals surface area contributed by atoms with E-state index >= 15 is 0 Å². The van der Waals surface area contributed by atoms with Gasteiger partial charge in [-0.2, -0.15) is 0 Å². The summed E-state index contributed by atoms with van der Waals surface area (Å²) in [5.41, 5.74) is 7.25. The average molecular weight is 275 g/mol. The largest absolute Gasteiger partial charge is 0.485 e. The van der Waals surface area contributed by atoms with E-state index in [1.54, 1.807) is 13.0 Å². The van der Waals surface area contributed by atoms with Crippen LogP contribution in [0.1, 0.15) is 37.5 Å². The third kappa shape index (κ3) is 2.29. The highest BCUT2D eigenvalue weighted by Crippen LogP contribution is 2.39. The lowest BCUT2D eigenvalue weighted by molar-refractivity contribution is 0.143. The molecule has 1 aromatic rings. The Hall–Kier alpha value is -1.55. The number of nitrogens with two attached hydrogens (primary N) is 1. The van der Waals surface area contributed by atoms with Crippen molar-refractivity contribution < 1.29 is 9.15 Å². The molecule has 2 aliphatic rings. The number of ether oxygens (including phenoxy) is 1. The van der Waals surface area contributed by atoms with E-state index in [1.807, 2.05) is 6.08 Å². The van der Waals surface area contributed by atoms with Crippen molar-refractivity contribution in [2.75, 3.05) is 6.54 Å². The van der Waals surface area contributed by atoms with Crippen LogP contribution < -0.4 is 16.1 Å². The molecular formula is C16H21NO3. The quantitative estimate of drug-likeness (QED) is 0.900. The SMILES string of the molecule is Cc1cc2c(c(=O)o1)C=C1CC[C@H](C(C)CN)C[C@@H]1O2. The molecule has 0 aromatic carbocycles. The summed E-state index contributed by atoms with van der Waals surface area (Å²) >= 11 is 0. The predicted molar refractivity (Wildman–Crippen MR) is 77.7 cm³/mol. The van der Waals surface area contributed by atoms with Gasteiger partial charge >= 0.3 is 5.63 Å². The molecule has 0 saturated heterocycles. The van der Waals surface area contributed by atoms with Crippen LogP contribution in [0.2, 0.25) is 0 Å². The lowest BCUT2D eigenvalue weighted by atomic mass is 9.76. The zero-order chi connectivity index (χ0) is 14.3. The summed E-state index contributed by atoms with van der Waals surface area (Å²) in [4.78, 5) is 11.9. The van der Waals surface area contributed by atoms with Crippen molar-refractivity contribution in [3.63, 3.8) is 0 Å². The van der Waals surface area contributed by atoms with E-state index in [0.717, 1.165) is 25.8 Å². The van der Waals surface area contributed by atoms with Crippen LogP contribution >= 0.6 is 0 Å². The number of hydrogen-bond acceptors (Lipinski definition) is 4. The minimum Gasteiger partial charge on any atom is -0.485 e. The lowest BCUT2D eigenvalue weighted by Gasteiger charge is -2.36. The summed E-state index contributed by atoms with van der Waals surface area (Å²) in [7, 11) is 0. The highest BCUT2D eigenvalue weighted by atomic mass is 16.5. The highest BCUT2D eigenvalue weighted by molar-refractivity contribution is 5.62. The number of rotatable bonds is 2. The maximum absolute atomic E-state index is 11.9. The summed E-state index contributed by atoms with van der Waals surface area (Å²) in [5, 5.41) is 0. The first kappa shape index (κ1) is 13.4. The van der Waals surface area contributed by atoms with Crippen LogP contribution in [0.3, 0.4) is 0 Å². The van der Waals surface area contributed by atoms with E-state index in [2.05, 4.69) is 6.92 Å². The highest BCUT2D eigenvalue weighted by Gasteiger charge is 2.33. The maximum atomic E-state index is 11.9. The second-order valence-electron chi connectivity index (χ2n) is 6.00. The van der Waals surface area contributed by atoms with E-state index in [4.69, 9.17) is 14.9 Å². The van der Waals surface area contributed by atoms with Crippen LogP contribution in [-0.4, -0.2) is 12.6 Å². The Balaban J connectivity index is 1.90. The summed E-state index contributed by atoms with van der Waals surface area (Å²) in [6.45, 7) is 4.69. The van der Waals surface area contributed by atoms with Gasteiger partial charge in [-0.05, 0) is 56.2 Å². The number of fused-ring (bicyclic) bond motifs is 2. The van der Waals surface area contributed by atoms with Gasteiger partial charge in [-0.1, -0.05) is 6.92 Å². The fourth-order valence-corrected chi connectivity index (χ4v) is 3.22. The molecule has 0 bridgehead atoms. The lowest BCUT2D eigenvalue weighted by Crippen LogP contribution is -2.35. The Labute approximate surface area is 118 Å². The van der Waals surface area contributed by atoms with E-state index in [9.17, 15) is 4.79 Å². The molecule has 4 nitrogen and oxygen atoms in total. The smallest absolute Gasteiger partial charge is 0.346 e. The fourth-order valence-electron chi connectivity index (χ4n) is 3.22. The molecule has 1 aromatic heterocycles. The Morgan fingerprint density at radius 2 is 2.30 bits per heavy atom. The average Bonchev–Trinajstić information content (AvgIpc) is 2.44. The third-order valence-electron chi connectivity index (χ3n) is 4.58. The summed E-state index contributed by atoms with van der Waals surface area (Å²) in [6.07, 6.45) is 5.15. The van der Waals surface area contributed by atoms with Gasteiger partial charge in [0.15, 0.2) is 0 Å². The summed E-state index contributed by atoms with van der Waals surface area (Å²) in [6, 6.07) is 1.81. The van der Waals surface area contributed by atoms with Gasteiger partial charge in [0.1, 0.15) is 23.2 Å². The van der Waals surface area contributed by atoms with E-state index in [0.29, 0.717) is 28.9 Å². The Morgan fingerprint density at radius 3 is 3.05 bits per heavy atom. The van der Waals surface area contributed by atoms with Crippen LogP contribution in [0.4, 0.5) is 0 Å². The van der Waals surface area contributed by atoms with Crippen molar-refractivity contribution in [3.05, 3.63) is 33.4 Å². The molecule has 1 aliphatic heterocycles. The van der Waals surface area contributed by atoms with E-state index in [-0.39, 0.29) is 11.7 Å².